The SMILES string of the molecule is Nc1ccc2nc(/C=C/c3ccco3)[nH]c2c1. The minimum absolute atomic E-state index is 0.725. The third-order valence-electron chi connectivity index (χ3n) is 2.47. The summed E-state index contributed by atoms with van der Waals surface area (Å²) in [4.78, 5) is 7.59. The summed E-state index contributed by atoms with van der Waals surface area (Å²) in [6, 6.07) is 9.33. The molecule has 2 heterocycles. The van der Waals surface area contributed by atoms with E-state index in [0.717, 1.165) is 28.3 Å². The van der Waals surface area contributed by atoms with E-state index in [1.54, 1.807) is 6.26 Å². The number of benzene rings is 1. The van der Waals surface area contributed by atoms with Gasteiger partial charge in [-0.25, -0.2) is 4.98 Å². The highest BCUT2D eigenvalue weighted by atomic mass is 16.3. The lowest BCUT2D eigenvalue weighted by atomic mass is 10.3. The first-order chi connectivity index (χ1) is 8.31. The van der Waals surface area contributed by atoms with E-state index in [1.807, 2.05) is 42.5 Å². The lowest BCUT2D eigenvalue weighted by Crippen LogP contribution is -1.82. The van der Waals surface area contributed by atoms with Crippen LogP contribution in [-0.2, 0) is 0 Å². The zero-order valence-corrected chi connectivity index (χ0v) is 9.05. The maximum absolute atomic E-state index is 5.70. The van der Waals surface area contributed by atoms with Gasteiger partial charge in [-0.1, -0.05) is 0 Å². The Bertz CT molecular complexity index is 665. The molecule has 0 unspecified atom stereocenters. The largest absolute Gasteiger partial charge is 0.465 e. The number of rotatable bonds is 2. The molecule has 3 aromatic rings. The van der Waals surface area contributed by atoms with E-state index in [0.29, 0.717) is 0 Å². The fourth-order valence-electron chi connectivity index (χ4n) is 1.67. The van der Waals surface area contributed by atoms with Gasteiger partial charge in [0.25, 0.3) is 0 Å². The standard InChI is InChI=1S/C13H11N3O/c14-9-3-5-11-12(8-9)16-13(15-11)6-4-10-2-1-7-17-10/h1-8H,14H2,(H,15,16)/b6-4+. The number of nitrogens with one attached hydrogen (secondary N) is 1. The molecule has 0 saturated heterocycles. The van der Waals surface area contributed by atoms with E-state index >= 15 is 0 Å². The maximum Gasteiger partial charge on any atom is 0.131 e. The normalized spacial score (nSPS) is 11.5. The zero-order chi connectivity index (χ0) is 11.7. The first-order valence-corrected chi connectivity index (χ1v) is 5.28. The Morgan fingerprint density at radius 3 is 3.00 bits per heavy atom. The molecule has 0 bridgehead atoms. The molecule has 1 aromatic carbocycles. The first-order valence-electron chi connectivity index (χ1n) is 5.28. The van der Waals surface area contributed by atoms with Crippen LogP contribution in [0.5, 0.6) is 0 Å². The summed E-state index contributed by atoms with van der Waals surface area (Å²) in [7, 11) is 0. The van der Waals surface area contributed by atoms with Gasteiger partial charge in [0.1, 0.15) is 11.6 Å². The summed E-state index contributed by atoms with van der Waals surface area (Å²) in [6.07, 6.45) is 5.37. The van der Waals surface area contributed by atoms with Crippen LogP contribution in [0.3, 0.4) is 0 Å². The molecule has 0 fully saturated rings. The summed E-state index contributed by atoms with van der Waals surface area (Å²) in [5.41, 5.74) is 8.26. The van der Waals surface area contributed by atoms with Crippen molar-refractivity contribution in [1.82, 2.24) is 9.97 Å². The van der Waals surface area contributed by atoms with Crippen molar-refractivity contribution in [2.24, 2.45) is 0 Å². The molecule has 0 aliphatic carbocycles. The van der Waals surface area contributed by atoms with Crippen LogP contribution in [0, 0.1) is 0 Å². The highest BCUT2D eigenvalue weighted by Gasteiger charge is 2.00. The van der Waals surface area contributed by atoms with Crippen molar-refractivity contribution in [2.45, 2.75) is 0 Å². The smallest absolute Gasteiger partial charge is 0.131 e. The zero-order valence-electron chi connectivity index (χ0n) is 9.05. The summed E-state index contributed by atoms with van der Waals surface area (Å²) >= 11 is 0. The molecule has 3 rings (SSSR count). The molecule has 0 atom stereocenters. The molecule has 2 aromatic heterocycles. The van der Waals surface area contributed by atoms with Gasteiger partial charge in [-0.05, 0) is 42.5 Å². The van der Waals surface area contributed by atoms with Crippen molar-refractivity contribution < 1.29 is 4.42 Å². The number of aromatic nitrogens is 2. The van der Waals surface area contributed by atoms with E-state index in [-0.39, 0.29) is 0 Å². The second kappa shape index (κ2) is 3.83. The van der Waals surface area contributed by atoms with Crippen LogP contribution in [0.25, 0.3) is 23.2 Å². The van der Waals surface area contributed by atoms with Gasteiger partial charge in [0.2, 0.25) is 0 Å². The molecule has 84 valence electrons. The topological polar surface area (TPSA) is 67.8 Å². The van der Waals surface area contributed by atoms with E-state index < -0.39 is 0 Å². The molecule has 3 N–H and O–H groups in total. The molecule has 4 heteroatoms. The predicted molar refractivity (Wildman–Crippen MR) is 68.1 cm³/mol. The van der Waals surface area contributed by atoms with Crippen molar-refractivity contribution in [2.75, 3.05) is 5.73 Å². The monoisotopic (exact) mass is 225 g/mol. The van der Waals surface area contributed by atoms with E-state index in [1.165, 1.54) is 0 Å². The van der Waals surface area contributed by atoms with Gasteiger partial charge in [-0.3, -0.25) is 0 Å². The molecule has 0 radical (unpaired) electrons. The van der Waals surface area contributed by atoms with Crippen LogP contribution in [0.1, 0.15) is 11.6 Å². The highest BCUT2D eigenvalue weighted by Crippen LogP contribution is 2.16. The number of imidazole rings is 1. The molecule has 0 aliphatic heterocycles. The van der Waals surface area contributed by atoms with Gasteiger partial charge >= 0.3 is 0 Å². The molecular weight excluding hydrogens is 214 g/mol. The molecule has 17 heavy (non-hydrogen) atoms. The lowest BCUT2D eigenvalue weighted by molar-refractivity contribution is 0.557. The molecule has 0 amide bonds. The van der Waals surface area contributed by atoms with Gasteiger partial charge in [0.15, 0.2) is 0 Å². The average Bonchev–Trinajstić information content (AvgIpc) is 2.94. The van der Waals surface area contributed by atoms with E-state index in [4.69, 9.17) is 10.2 Å². The van der Waals surface area contributed by atoms with Gasteiger partial charge in [0, 0.05) is 5.69 Å². The van der Waals surface area contributed by atoms with Crippen molar-refractivity contribution in [3.05, 3.63) is 48.2 Å². The summed E-state index contributed by atoms with van der Waals surface area (Å²) < 4.78 is 5.20. The molecule has 4 nitrogen and oxygen atoms in total. The number of nitrogen functional groups attached to an aromatic ring is 1. The number of aromatic amines is 1. The Hall–Kier alpha value is -2.49. The Morgan fingerprint density at radius 1 is 1.24 bits per heavy atom. The Balaban J connectivity index is 1.96. The van der Waals surface area contributed by atoms with Crippen molar-refractivity contribution >= 4 is 28.9 Å². The molecule has 0 spiro atoms. The molecular formula is C13H11N3O. The molecule has 0 aliphatic rings. The Kier molecular flexibility index (Phi) is 2.19. The number of furan rings is 1. The van der Waals surface area contributed by atoms with Gasteiger partial charge in [-0.2, -0.15) is 0 Å². The average molecular weight is 225 g/mol. The Morgan fingerprint density at radius 2 is 2.18 bits per heavy atom. The summed E-state index contributed by atoms with van der Waals surface area (Å²) in [5, 5.41) is 0. The summed E-state index contributed by atoms with van der Waals surface area (Å²) in [5.74, 6) is 1.58. The fraction of sp³-hybridized carbons (Fsp3) is 0. The van der Waals surface area contributed by atoms with Crippen molar-refractivity contribution in [3.8, 4) is 0 Å². The molecule has 0 saturated carbocycles. The maximum atomic E-state index is 5.70. The number of fused-ring (bicyclic) bond motifs is 1. The van der Waals surface area contributed by atoms with Crippen LogP contribution in [0.2, 0.25) is 0 Å². The number of nitrogens with zero attached hydrogens (tertiary/aromatic N) is 1. The number of H-pyrrole nitrogens is 1. The predicted octanol–water partition coefficient (Wildman–Crippen LogP) is 2.91. The van der Waals surface area contributed by atoms with Crippen LogP contribution < -0.4 is 5.73 Å². The van der Waals surface area contributed by atoms with E-state index in [2.05, 4.69) is 9.97 Å². The van der Waals surface area contributed by atoms with Gasteiger partial charge in [-0.15, -0.1) is 0 Å². The second-order valence-corrected chi connectivity index (χ2v) is 3.75. The van der Waals surface area contributed by atoms with Gasteiger partial charge in [0.05, 0.1) is 17.3 Å². The third-order valence-corrected chi connectivity index (χ3v) is 2.47. The van der Waals surface area contributed by atoms with Crippen molar-refractivity contribution in [3.63, 3.8) is 0 Å². The fourth-order valence-corrected chi connectivity index (χ4v) is 1.67. The minimum atomic E-state index is 0.725. The van der Waals surface area contributed by atoms with E-state index in [9.17, 15) is 0 Å². The highest BCUT2D eigenvalue weighted by molar-refractivity contribution is 5.81. The van der Waals surface area contributed by atoms with Crippen molar-refractivity contribution in [1.29, 1.82) is 0 Å². The first kappa shape index (κ1) is 9.72. The minimum Gasteiger partial charge on any atom is -0.465 e. The van der Waals surface area contributed by atoms with Gasteiger partial charge < -0.3 is 15.1 Å². The number of anilines is 1. The lowest BCUT2D eigenvalue weighted by Gasteiger charge is -1.89. The van der Waals surface area contributed by atoms with Crippen LogP contribution in [-0.4, -0.2) is 9.97 Å². The number of hydrogen-bond donors (Lipinski definition) is 2. The number of hydrogen-bond acceptors (Lipinski definition) is 3. The Labute approximate surface area is 97.8 Å². The van der Waals surface area contributed by atoms with Crippen LogP contribution >= 0.6 is 0 Å². The summed E-state index contributed by atoms with van der Waals surface area (Å²) in [6.45, 7) is 0. The van der Waals surface area contributed by atoms with Crippen LogP contribution in [0.4, 0.5) is 5.69 Å². The second-order valence-electron chi connectivity index (χ2n) is 3.75. The quantitative estimate of drug-likeness (QED) is 0.659. The number of nitrogens with two attached hydrogens (primary N) is 1. The third kappa shape index (κ3) is 1.92. The van der Waals surface area contributed by atoms with Crippen LogP contribution in [0.15, 0.2) is 41.0 Å².